The predicted molar refractivity (Wildman–Crippen MR) is 94.2 cm³/mol. The summed E-state index contributed by atoms with van der Waals surface area (Å²) in [6.07, 6.45) is 5.74. The Hall–Kier alpha value is -1.91. The highest BCUT2D eigenvalue weighted by Gasteiger charge is 2.67. The maximum atomic E-state index is 13.3. The molecule has 1 atom stereocenters. The van der Waals surface area contributed by atoms with Crippen molar-refractivity contribution < 1.29 is 14.0 Å². The lowest BCUT2D eigenvalue weighted by molar-refractivity contribution is -0.134. The van der Waals surface area contributed by atoms with Gasteiger partial charge in [0.1, 0.15) is 11.4 Å². The number of hydrogen-bond acceptors (Lipinski definition) is 2. The minimum Gasteiger partial charge on any atom is -0.368 e. The van der Waals surface area contributed by atoms with E-state index in [1.807, 2.05) is 13.8 Å². The van der Waals surface area contributed by atoms with Crippen molar-refractivity contribution in [2.24, 2.45) is 11.1 Å². The van der Waals surface area contributed by atoms with Crippen molar-refractivity contribution >= 4 is 11.8 Å². The number of benzene rings is 1. The van der Waals surface area contributed by atoms with Crippen molar-refractivity contribution in [1.82, 2.24) is 5.32 Å². The van der Waals surface area contributed by atoms with Crippen LogP contribution in [0.3, 0.4) is 0 Å². The number of amides is 2. The van der Waals surface area contributed by atoms with E-state index in [0.29, 0.717) is 19.3 Å². The van der Waals surface area contributed by atoms with Crippen LogP contribution in [0.15, 0.2) is 24.3 Å². The normalized spacial score (nSPS) is 27.2. The van der Waals surface area contributed by atoms with Gasteiger partial charge in [-0.1, -0.05) is 51.7 Å². The predicted octanol–water partition coefficient (Wildman–Crippen LogP) is 3.19. The number of nitrogens with one attached hydrogen (secondary N) is 1. The fourth-order valence-electron chi connectivity index (χ4n) is 4.45. The summed E-state index contributed by atoms with van der Waals surface area (Å²) in [5.41, 5.74) is 4.58. The highest BCUT2D eigenvalue weighted by atomic mass is 19.1. The van der Waals surface area contributed by atoms with Gasteiger partial charge in [0.25, 0.3) is 0 Å². The number of carbonyl (C=O) groups excluding carboxylic acids is 2. The fraction of sp³-hybridized carbons (Fsp3) is 0.600. The van der Waals surface area contributed by atoms with Gasteiger partial charge in [-0.05, 0) is 42.4 Å². The molecule has 2 amide bonds. The first-order chi connectivity index (χ1) is 11.7. The molecule has 136 valence electrons. The Bertz CT molecular complexity index is 675. The van der Waals surface area contributed by atoms with Gasteiger partial charge < -0.3 is 11.1 Å². The molecule has 0 radical (unpaired) electrons. The lowest BCUT2D eigenvalue weighted by Gasteiger charge is -2.33. The summed E-state index contributed by atoms with van der Waals surface area (Å²) >= 11 is 0. The number of nitrogens with two attached hydrogens (primary N) is 1. The third-order valence-electron chi connectivity index (χ3n) is 6.24. The third kappa shape index (κ3) is 2.94. The molecular formula is C20H27FN2O2. The number of hydrogen-bond donors (Lipinski definition) is 2. The molecule has 0 spiro atoms. The molecule has 2 aliphatic rings. The monoisotopic (exact) mass is 346 g/mol. The van der Waals surface area contributed by atoms with Crippen LogP contribution >= 0.6 is 0 Å². The minimum atomic E-state index is -0.959. The number of primary amides is 1. The summed E-state index contributed by atoms with van der Waals surface area (Å²) in [4.78, 5) is 25.5. The second-order valence-corrected chi connectivity index (χ2v) is 8.29. The Morgan fingerprint density at radius 1 is 1.04 bits per heavy atom. The van der Waals surface area contributed by atoms with Crippen molar-refractivity contribution in [3.8, 4) is 0 Å². The van der Waals surface area contributed by atoms with E-state index < -0.39 is 16.9 Å². The van der Waals surface area contributed by atoms with Crippen LogP contribution in [-0.2, 0) is 15.0 Å². The Labute approximate surface area is 148 Å². The molecule has 0 aromatic heterocycles. The van der Waals surface area contributed by atoms with Gasteiger partial charge in [-0.3, -0.25) is 9.59 Å². The molecular weight excluding hydrogens is 319 g/mol. The van der Waals surface area contributed by atoms with Crippen molar-refractivity contribution in [3.05, 3.63) is 35.6 Å². The van der Waals surface area contributed by atoms with Crippen molar-refractivity contribution in [2.75, 3.05) is 0 Å². The van der Waals surface area contributed by atoms with Crippen LogP contribution in [0.4, 0.5) is 4.39 Å². The van der Waals surface area contributed by atoms with E-state index in [1.54, 1.807) is 12.1 Å². The van der Waals surface area contributed by atoms with Gasteiger partial charge in [-0.15, -0.1) is 0 Å². The highest BCUT2D eigenvalue weighted by Crippen LogP contribution is 2.64. The third-order valence-corrected chi connectivity index (χ3v) is 6.24. The van der Waals surface area contributed by atoms with E-state index in [-0.39, 0.29) is 17.1 Å². The smallest absolute Gasteiger partial charge is 0.243 e. The van der Waals surface area contributed by atoms with Crippen LogP contribution in [0.5, 0.6) is 0 Å². The molecule has 4 nitrogen and oxygen atoms in total. The Morgan fingerprint density at radius 2 is 1.56 bits per heavy atom. The Balaban J connectivity index is 1.91. The zero-order chi connectivity index (χ0) is 18.3. The molecule has 25 heavy (non-hydrogen) atoms. The highest BCUT2D eigenvalue weighted by molar-refractivity contribution is 5.98. The Kier molecular flexibility index (Phi) is 4.38. The second kappa shape index (κ2) is 6.11. The maximum Gasteiger partial charge on any atom is 0.243 e. The van der Waals surface area contributed by atoms with E-state index in [2.05, 4.69) is 5.32 Å². The first-order valence-corrected chi connectivity index (χ1v) is 9.12. The minimum absolute atomic E-state index is 0.162. The second-order valence-electron chi connectivity index (χ2n) is 8.29. The largest absolute Gasteiger partial charge is 0.368 e. The first-order valence-electron chi connectivity index (χ1n) is 9.12. The molecule has 3 N–H and O–H groups in total. The maximum absolute atomic E-state index is 13.3. The lowest BCUT2D eigenvalue weighted by Crippen LogP contribution is -2.59. The lowest BCUT2D eigenvalue weighted by atomic mass is 9.83. The van der Waals surface area contributed by atoms with Crippen molar-refractivity contribution in [2.45, 2.75) is 69.7 Å². The van der Waals surface area contributed by atoms with Gasteiger partial charge in [-0.2, -0.15) is 0 Å². The van der Waals surface area contributed by atoms with Gasteiger partial charge in [0.2, 0.25) is 11.8 Å². The SMILES string of the molecule is CC1(C)CC1(C(=O)NC1(C(N)=O)CCCCCC1)c1ccc(F)cc1. The number of halogens is 1. The van der Waals surface area contributed by atoms with Crippen LogP contribution in [0, 0.1) is 11.2 Å². The van der Waals surface area contributed by atoms with E-state index in [0.717, 1.165) is 31.2 Å². The summed E-state index contributed by atoms with van der Waals surface area (Å²) in [7, 11) is 0. The summed E-state index contributed by atoms with van der Waals surface area (Å²) in [5.74, 6) is -0.935. The molecule has 2 aliphatic carbocycles. The molecule has 2 saturated carbocycles. The molecule has 2 fully saturated rings. The van der Waals surface area contributed by atoms with Gasteiger partial charge in [0.15, 0.2) is 0 Å². The number of rotatable bonds is 4. The summed E-state index contributed by atoms with van der Waals surface area (Å²) < 4.78 is 13.3. The summed E-state index contributed by atoms with van der Waals surface area (Å²) in [6, 6.07) is 6.12. The van der Waals surface area contributed by atoms with E-state index in [4.69, 9.17) is 5.73 Å². The van der Waals surface area contributed by atoms with E-state index in [9.17, 15) is 14.0 Å². The molecule has 0 saturated heterocycles. The molecule has 0 aliphatic heterocycles. The summed E-state index contributed by atoms with van der Waals surface area (Å²) in [5, 5.41) is 3.04. The molecule has 5 heteroatoms. The molecule has 1 aromatic rings. The molecule has 0 heterocycles. The van der Waals surface area contributed by atoms with Crippen LogP contribution in [0.1, 0.15) is 64.4 Å². The van der Waals surface area contributed by atoms with E-state index >= 15 is 0 Å². The van der Waals surface area contributed by atoms with Gasteiger partial charge in [0, 0.05) is 0 Å². The van der Waals surface area contributed by atoms with Crippen LogP contribution in [-0.4, -0.2) is 17.4 Å². The average Bonchev–Trinajstić information content (AvgIpc) is 3.21. The van der Waals surface area contributed by atoms with Crippen LogP contribution < -0.4 is 11.1 Å². The van der Waals surface area contributed by atoms with Gasteiger partial charge in [-0.25, -0.2) is 4.39 Å². The van der Waals surface area contributed by atoms with Crippen LogP contribution in [0.2, 0.25) is 0 Å². The van der Waals surface area contributed by atoms with Gasteiger partial charge >= 0.3 is 0 Å². The summed E-state index contributed by atoms with van der Waals surface area (Å²) in [6.45, 7) is 4.06. The average molecular weight is 346 g/mol. The van der Waals surface area contributed by atoms with Crippen LogP contribution in [0.25, 0.3) is 0 Å². The van der Waals surface area contributed by atoms with Gasteiger partial charge in [0.05, 0.1) is 5.41 Å². The molecule has 1 aromatic carbocycles. The van der Waals surface area contributed by atoms with Crippen molar-refractivity contribution in [1.29, 1.82) is 0 Å². The molecule has 3 rings (SSSR count). The zero-order valence-corrected chi connectivity index (χ0v) is 15.0. The topological polar surface area (TPSA) is 72.2 Å². The fourth-order valence-corrected chi connectivity index (χ4v) is 4.45. The Morgan fingerprint density at radius 3 is 2.00 bits per heavy atom. The zero-order valence-electron chi connectivity index (χ0n) is 15.0. The first kappa shape index (κ1) is 17.9. The van der Waals surface area contributed by atoms with Crippen molar-refractivity contribution in [3.63, 3.8) is 0 Å². The number of carbonyl (C=O) groups is 2. The quantitative estimate of drug-likeness (QED) is 0.822. The molecule has 0 bridgehead atoms. The standard InChI is InChI=1S/C20H27FN2O2/c1-18(2)13-20(18,14-7-9-15(21)10-8-14)17(25)23-19(16(22)24)11-5-3-4-6-12-19/h7-10H,3-6,11-13H2,1-2H3,(H2,22,24)(H,23,25). The molecule has 1 unspecified atom stereocenters. The van der Waals surface area contributed by atoms with E-state index in [1.165, 1.54) is 12.1 Å².